The van der Waals surface area contributed by atoms with Crippen LogP contribution in [0.1, 0.15) is 139 Å². The van der Waals surface area contributed by atoms with Crippen molar-refractivity contribution < 1.29 is 47.3 Å². The Morgan fingerprint density at radius 1 is 0.949 bits per heavy atom. The number of rotatable bonds is 30. The Balaban J connectivity index is 1.18. The molecule has 0 spiro atoms. The van der Waals surface area contributed by atoms with Gasteiger partial charge in [-0.25, -0.2) is 18.5 Å². The second-order valence-corrected chi connectivity index (χ2v) is 17.0. The number of nitrogens with zero attached hydrogens (tertiary/aromatic N) is 4. The van der Waals surface area contributed by atoms with Crippen LogP contribution in [0, 0.1) is 36.4 Å². The quantitative estimate of drug-likeness (QED) is 0.0332. The Morgan fingerprint density at radius 2 is 1.58 bits per heavy atom. The van der Waals surface area contributed by atoms with Crippen molar-refractivity contribution >= 4 is 13.3 Å². The molecule has 4 rings (SSSR count). The fourth-order valence-corrected chi connectivity index (χ4v) is 8.15. The molecule has 1 aliphatic rings. The summed E-state index contributed by atoms with van der Waals surface area (Å²) in [5.41, 5.74) is 0.181. The molecular weight excluding hydrogens is 778 g/mol. The molecular formula is C44H64FN4O9P. The number of terminal acetylenes is 1. The second-order valence-electron chi connectivity index (χ2n) is 15.5. The number of aliphatic hydroxyl groups excluding tert-OH is 2. The molecule has 3 aromatic rings. The lowest BCUT2D eigenvalue weighted by molar-refractivity contribution is -0.0681. The molecule has 326 valence electrons. The molecule has 0 saturated carbocycles. The summed E-state index contributed by atoms with van der Waals surface area (Å²) < 4.78 is 56.8. The van der Waals surface area contributed by atoms with Gasteiger partial charge >= 0.3 is 7.82 Å². The maximum Gasteiger partial charge on any atom is 0.472 e. The van der Waals surface area contributed by atoms with Gasteiger partial charge in [-0.15, -0.1) is 6.42 Å². The van der Waals surface area contributed by atoms with Gasteiger partial charge in [0.05, 0.1) is 55.0 Å². The highest BCUT2D eigenvalue weighted by atomic mass is 31.2. The molecule has 1 aliphatic heterocycles. The summed E-state index contributed by atoms with van der Waals surface area (Å²) in [5, 5.41) is 35.4. The summed E-state index contributed by atoms with van der Waals surface area (Å²) in [6.07, 6.45) is 23.3. The van der Waals surface area contributed by atoms with E-state index in [2.05, 4.69) is 22.9 Å². The second kappa shape index (κ2) is 25.5. The van der Waals surface area contributed by atoms with Crippen molar-refractivity contribution in [1.82, 2.24) is 14.6 Å². The Morgan fingerprint density at radius 3 is 2.19 bits per heavy atom. The first-order chi connectivity index (χ1) is 28.5. The summed E-state index contributed by atoms with van der Waals surface area (Å²) in [6, 6.07) is 9.04. The molecule has 0 radical (unpaired) electrons. The molecule has 15 heteroatoms. The minimum Gasteiger partial charge on any atom is -0.387 e. The zero-order chi connectivity index (χ0) is 42.5. The predicted molar refractivity (Wildman–Crippen MR) is 222 cm³/mol. The van der Waals surface area contributed by atoms with Crippen molar-refractivity contribution in [2.24, 2.45) is 0 Å². The van der Waals surface area contributed by atoms with Crippen LogP contribution in [0.4, 0.5) is 4.39 Å². The smallest absolute Gasteiger partial charge is 0.387 e. The Labute approximate surface area is 349 Å². The van der Waals surface area contributed by atoms with Crippen LogP contribution in [-0.4, -0.2) is 80.5 Å². The molecule has 6 atom stereocenters. The molecule has 0 bridgehead atoms. The van der Waals surface area contributed by atoms with Gasteiger partial charge in [0.1, 0.15) is 36.6 Å². The normalized spacial score (nSPS) is 20.7. The van der Waals surface area contributed by atoms with Gasteiger partial charge in [0.25, 0.3) is 0 Å². The first-order valence-electron chi connectivity index (χ1n) is 21.4. The topological polar surface area (TPSA) is 178 Å². The number of hydrogen-bond donors (Lipinski definition) is 3. The third-order valence-corrected chi connectivity index (χ3v) is 11.7. The van der Waals surface area contributed by atoms with Crippen molar-refractivity contribution in [3.8, 4) is 18.4 Å². The van der Waals surface area contributed by atoms with Crippen LogP contribution in [0.15, 0.2) is 36.7 Å². The highest BCUT2D eigenvalue weighted by molar-refractivity contribution is 7.47. The molecule has 0 amide bonds. The number of aromatic nitrogens is 3. The SMILES string of the molecule is C#C[C@@]1(c2ccc3c(C)ncnn23)O[C@H](COP(=O)(O)OC[C@@H](COCCCCCCCCCCCCCCCCCCC)OCc2cc(F)cc(C#N)c2)[C@@H](O)[C@H]1O. The van der Waals surface area contributed by atoms with Crippen molar-refractivity contribution in [2.75, 3.05) is 26.4 Å². The average Bonchev–Trinajstić information content (AvgIpc) is 3.77. The van der Waals surface area contributed by atoms with Gasteiger partial charge in [0.15, 0.2) is 5.60 Å². The summed E-state index contributed by atoms with van der Waals surface area (Å²) >= 11 is 0. The van der Waals surface area contributed by atoms with Gasteiger partial charge in [-0.05, 0) is 49.2 Å². The van der Waals surface area contributed by atoms with E-state index in [-0.39, 0.29) is 24.5 Å². The molecule has 3 N–H and O–H groups in total. The molecule has 1 saturated heterocycles. The molecule has 59 heavy (non-hydrogen) atoms. The maximum atomic E-state index is 14.1. The molecule has 2 aromatic heterocycles. The highest BCUT2D eigenvalue weighted by Crippen LogP contribution is 2.46. The minimum absolute atomic E-state index is 0.00884. The number of fused-ring (bicyclic) bond motifs is 1. The number of nitriles is 1. The summed E-state index contributed by atoms with van der Waals surface area (Å²) in [7, 11) is -4.79. The molecule has 0 aliphatic carbocycles. The zero-order valence-corrected chi connectivity index (χ0v) is 35.7. The number of benzene rings is 1. The third-order valence-electron chi connectivity index (χ3n) is 10.8. The first kappa shape index (κ1) is 48.4. The van der Waals surface area contributed by atoms with E-state index in [1.165, 1.54) is 113 Å². The lowest BCUT2D eigenvalue weighted by atomic mass is 9.92. The summed E-state index contributed by atoms with van der Waals surface area (Å²) in [4.78, 5) is 14.8. The lowest BCUT2D eigenvalue weighted by Gasteiger charge is -2.26. The van der Waals surface area contributed by atoms with Crippen molar-refractivity contribution in [2.45, 2.75) is 160 Å². The fraction of sp³-hybridized carbons (Fsp3) is 0.659. The van der Waals surface area contributed by atoms with Crippen molar-refractivity contribution in [1.29, 1.82) is 5.26 Å². The van der Waals surface area contributed by atoms with E-state index < -0.39 is 56.9 Å². The van der Waals surface area contributed by atoms with Crippen molar-refractivity contribution in [3.63, 3.8) is 0 Å². The van der Waals surface area contributed by atoms with Gasteiger partial charge in [-0.1, -0.05) is 116 Å². The van der Waals surface area contributed by atoms with Crippen molar-refractivity contribution in [3.05, 3.63) is 65.0 Å². The van der Waals surface area contributed by atoms with E-state index in [1.54, 1.807) is 19.1 Å². The monoisotopic (exact) mass is 842 g/mol. The van der Waals surface area contributed by atoms with E-state index in [4.69, 9.17) is 29.7 Å². The van der Waals surface area contributed by atoms with Crippen LogP contribution < -0.4 is 0 Å². The largest absolute Gasteiger partial charge is 0.472 e. The number of halogens is 1. The van der Waals surface area contributed by atoms with Crippen LogP contribution in [0.3, 0.4) is 0 Å². The van der Waals surface area contributed by atoms with Gasteiger partial charge < -0.3 is 29.3 Å². The van der Waals surface area contributed by atoms with E-state index in [0.717, 1.165) is 25.3 Å². The van der Waals surface area contributed by atoms with Gasteiger partial charge in [0.2, 0.25) is 0 Å². The average molecular weight is 843 g/mol. The van der Waals surface area contributed by atoms with Crippen LogP contribution in [0.2, 0.25) is 0 Å². The fourth-order valence-electron chi connectivity index (χ4n) is 7.38. The number of unbranched alkanes of at least 4 members (excludes halogenated alkanes) is 16. The molecule has 3 heterocycles. The standard InChI is InChI=1S/C44H64FN4O9P/c1-4-6-7-8-9-10-11-12-13-14-15-16-17-18-19-20-21-24-54-30-38(55-29-36-25-35(28-46)26-37(45)27-36)31-56-59(52,53)57-32-40-42(50)43(51)44(5-2,58-40)41-23-22-39-34(3)47-33-48-49(39)41/h2,22-23,25-27,33,38,40,42-43,50-51H,4,6-21,24,29-32H2,1,3H3,(H,52,53)/t38-,40-,42-,43-,44+/m1/s1. The molecule has 13 nitrogen and oxygen atoms in total. The van der Waals surface area contributed by atoms with Gasteiger partial charge in [-0.3, -0.25) is 9.05 Å². The van der Waals surface area contributed by atoms with E-state index in [9.17, 15) is 29.3 Å². The number of phosphoric acid groups is 1. The number of aliphatic hydroxyl groups is 2. The van der Waals surface area contributed by atoms with Crippen LogP contribution in [0.5, 0.6) is 0 Å². The number of ether oxygens (including phenoxy) is 3. The Kier molecular flexibility index (Phi) is 20.9. The summed E-state index contributed by atoms with van der Waals surface area (Å²) in [6.45, 7) is 3.27. The Hall–Kier alpha value is -3.27. The zero-order valence-electron chi connectivity index (χ0n) is 34.8. The molecule has 1 fully saturated rings. The van der Waals surface area contributed by atoms with Gasteiger partial charge in [-0.2, -0.15) is 10.4 Å². The minimum atomic E-state index is -4.79. The predicted octanol–water partition coefficient (Wildman–Crippen LogP) is 8.38. The number of phosphoric ester groups is 1. The molecule has 1 aromatic carbocycles. The third kappa shape index (κ3) is 15.3. The van der Waals surface area contributed by atoms with E-state index in [1.807, 2.05) is 6.07 Å². The van der Waals surface area contributed by atoms with Crippen LogP contribution in [0.25, 0.3) is 5.52 Å². The maximum absolute atomic E-state index is 14.1. The highest BCUT2D eigenvalue weighted by Gasteiger charge is 2.56. The van der Waals surface area contributed by atoms with E-state index >= 15 is 0 Å². The Bertz CT molecular complexity index is 1830. The first-order valence-corrected chi connectivity index (χ1v) is 22.9. The number of aryl methyl sites for hydroxylation is 1. The lowest BCUT2D eigenvalue weighted by Crippen LogP contribution is -2.41. The number of hydrogen-bond acceptors (Lipinski definition) is 11. The van der Waals surface area contributed by atoms with E-state index in [0.29, 0.717) is 23.4 Å². The summed E-state index contributed by atoms with van der Waals surface area (Å²) in [5.74, 6) is 1.84. The molecule has 1 unspecified atom stereocenters. The van der Waals surface area contributed by atoms with Gasteiger partial charge in [0, 0.05) is 6.61 Å². The van der Waals surface area contributed by atoms with Crippen LogP contribution in [-0.2, 0) is 40.0 Å². The van der Waals surface area contributed by atoms with Crippen LogP contribution >= 0.6 is 7.82 Å².